The first kappa shape index (κ1) is 18.7. The van der Waals surface area contributed by atoms with Crippen LogP contribution < -0.4 is 15.8 Å². The van der Waals surface area contributed by atoms with Crippen LogP contribution in [0.1, 0.15) is 18.4 Å². The lowest BCUT2D eigenvalue weighted by Gasteiger charge is -2.12. The van der Waals surface area contributed by atoms with E-state index in [-0.39, 0.29) is 30.2 Å². The summed E-state index contributed by atoms with van der Waals surface area (Å²) in [6, 6.07) is 4.78. The maximum atomic E-state index is 13.5. The number of nitrogens with one attached hydrogen (secondary N) is 1. The Labute approximate surface area is 135 Å². The van der Waals surface area contributed by atoms with Gasteiger partial charge in [0, 0.05) is 13.1 Å². The highest BCUT2D eigenvalue weighted by Crippen LogP contribution is 2.19. The van der Waals surface area contributed by atoms with Gasteiger partial charge >= 0.3 is 0 Å². The van der Waals surface area contributed by atoms with Gasteiger partial charge in [-0.15, -0.1) is 12.4 Å². The standard InChI is InChI=1S/C15H21FN2O3.ClH/c1-20-13-4-2-10(8-12(13)16)6-7-18-15(19)14-5-3-11(9-17)21-14;/h2,4,8,11,14H,3,5-7,9,17H2,1H3,(H,18,19);1H/t11-,14+;/m1./s1. The van der Waals surface area contributed by atoms with Crippen molar-refractivity contribution in [3.63, 3.8) is 0 Å². The summed E-state index contributed by atoms with van der Waals surface area (Å²) < 4.78 is 23.9. The van der Waals surface area contributed by atoms with Gasteiger partial charge in [0.15, 0.2) is 11.6 Å². The fourth-order valence-electron chi connectivity index (χ4n) is 2.38. The monoisotopic (exact) mass is 332 g/mol. The molecule has 22 heavy (non-hydrogen) atoms. The van der Waals surface area contributed by atoms with E-state index in [9.17, 15) is 9.18 Å². The zero-order valence-electron chi connectivity index (χ0n) is 12.5. The van der Waals surface area contributed by atoms with E-state index in [1.807, 2.05) is 0 Å². The second-order valence-corrected chi connectivity index (χ2v) is 5.07. The molecule has 3 N–H and O–H groups in total. The molecule has 0 saturated carbocycles. The minimum atomic E-state index is -0.411. The molecule has 1 aromatic carbocycles. The van der Waals surface area contributed by atoms with Gasteiger partial charge in [-0.25, -0.2) is 4.39 Å². The van der Waals surface area contributed by atoms with Gasteiger partial charge in [-0.2, -0.15) is 0 Å². The van der Waals surface area contributed by atoms with Crippen LogP contribution in [-0.2, 0) is 16.0 Å². The van der Waals surface area contributed by atoms with Gasteiger partial charge in [-0.05, 0) is 37.0 Å². The van der Waals surface area contributed by atoms with E-state index in [1.54, 1.807) is 12.1 Å². The molecule has 1 aromatic rings. The lowest BCUT2D eigenvalue weighted by atomic mass is 10.1. The molecule has 0 bridgehead atoms. The predicted molar refractivity (Wildman–Crippen MR) is 83.9 cm³/mol. The molecule has 7 heteroatoms. The third-order valence-electron chi connectivity index (χ3n) is 3.59. The van der Waals surface area contributed by atoms with Gasteiger partial charge in [-0.3, -0.25) is 4.79 Å². The molecule has 1 fully saturated rings. The molecule has 0 aromatic heterocycles. The Kier molecular flexibility index (Phi) is 7.58. The number of hydrogen-bond acceptors (Lipinski definition) is 4. The van der Waals surface area contributed by atoms with Crippen molar-refractivity contribution in [2.75, 3.05) is 20.2 Å². The molecule has 1 aliphatic rings. The average molecular weight is 333 g/mol. The fourth-order valence-corrected chi connectivity index (χ4v) is 2.38. The Balaban J connectivity index is 0.00000242. The van der Waals surface area contributed by atoms with Gasteiger partial charge in [0.25, 0.3) is 0 Å². The Bertz CT molecular complexity index is 502. The molecule has 1 amide bonds. The van der Waals surface area contributed by atoms with Gasteiger partial charge in [0.2, 0.25) is 5.91 Å². The van der Waals surface area contributed by atoms with Crippen molar-refractivity contribution in [2.45, 2.75) is 31.5 Å². The van der Waals surface area contributed by atoms with Gasteiger partial charge in [0.05, 0.1) is 13.2 Å². The quantitative estimate of drug-likeness (QED) is 0.826. The molecule has 1 heterocycles. The summed E-state index contributed by atoms with van der Waals surface area (Å²) in [7, 11) is 1.43. The summed E-state index contributed by atoms with van der Waals surface area (Å²) in [4.78, 5) is 11.9. The zero-order chi connectivity index (χ0) is 15.2. The van der Waals surface area contributed by atoms with Crippen LogP contribution >= 0.6 is 12.4 Å². The van der Waals surface area contributed by atoms with Crippen molar-refractivity contribution in [1.29, 1.82) is 0 Å². The highest BCUT2D eigenvalue weighted by atomic mass is 35.5. The lowest BCUT2D eigenvalue weighted by Crippen LogP contribution is -2.36. The SMILES string of the molecule is COc1ccc(CCNC(=O)[C@@H]2CC[C@H](CN)O2)cc1F.Cl. The number of rotatable bonds is 6. The third kappa shape index (κ3) is 4.83. The number of ether oxygens (including phenoxy) is 2. The topological polar surface area (TPSA) is 73.6 Å². The molecule has 0 spiro atoms. The first-order valence-electron chi connectivity index (χ1n) is 7.09. The number of halogens is 2. The molecular weight excluding hydrogens is 311 g/mol. The number of carbonyl (C=O) groups is 1. The van der Waals surface area contributed by atoms with E-state index in [1.165, 1.54) is 13.2 Å². The second kappa shape index (κ2) is 8.92. The van der Waals surface area contributed by atoms with E-state index in [0.717, 1.165) is 12.0 Å². The maximum Gasteiger partial charge on any atom is 0.249 e. The van der Waals surface area contributed by atoms with Gasteiger partial charge in [-0.1, -0.05) is 6.07 Å². The van der Waals surface area contributed by atoms with Crippen molar-refractivity contribution in [3.05, 3.63) is 29.6 Å². The van der Waals surface area contributed by atoms with Crippen molar-refractivity contribution in [1.82, 2.24) is 5.32 Å². The second-order valence-electron chi connectivity index (χ2n) is 5.07. The van der Waals surface area contributed by atoms with Crippen LogP contribution in [-0.4, -0.2) is 38.3 Å². The minimum absolute atomic E-state index is 0. The molecule has 124 valence electrons. The van der Waals surface area contributed by atoms with Crippen LogP contribution in [0.15, 0.2) is 18.2 Å². The first-order chi connectivity index (χ1) is 10.1. The van der Waals surface area contributed by atoms with Crippen molar-refractivity contribution < 1.29 is 18.7 Å². The van der Waals surface area contributed by atoms with E-state index < -0.39 is 11.9 Å². The maximum absolute atomic E-state index is 13.5. The zero-order valence-corrected chi connectivity index (χ0v) is 13.3. The highest BCUT2D eigenvalue weighted by molar-refractivity contribution is 5.85. The molecule has 0 unspecified atom stereocenters. The van der Waals surface area contributed by atoms with Crippen LogP contribution in [0.2, 0.25) is 0 Å². The van der Waals surface area contributed by atoms with E-state index in [0.29, 0.717) is 25.9 Å². The van der Waals surface area contributed by atoms with Gasteiger partial charge < -0.3 is 20.5 Å². The number of carbonyl (C=O) groups excluding carboxylic acids is 1. The fraction of sp³-hybridized carbons (Fsp3) is 0.533. The van der Waals surface area contributed by atoms with E-state index in [2.05, 4.69) is 5.32 Å². The molecule has 2 rings (SSSR count). The molecule has 5 nitrogen and oxygen atoms in total. The van der Waals surface area contributed by atoms with E-state index in [4.69, 9.17) is 15.2 Å². The summed E-state index contributed by atoms with van der Waals surface area (Å²) in [6.45, 7) is 0.882. The van der Waals surface area contributed by atoms with Crippen LogP contribution in [0.5, 0.6) is 5.75 Å². The van der Waals surface area contributed by atoms with Crippen molar-refractivity contribution in [3.8, 4) is 5.75 Å². The number of methoxy groups -OCH3 is 1. The third-order valence-corrected chi connectivity index (χ3v) is 3.59. The Hall–Kier alpha value is -1.37. The summed E-state index contributed by atoms with van der Waals surface area (Å²) >= 11 is 0. The van der Waals surface area contributed by atoms with E-state index >= 15 is 0 Å². The molecule has 0 radical (unpaired) electrons. The predicted octanol–water partition coefficient (Wildman–Crippen LogP) is 1.42. The largest absolute Gasteiger partial charge is 0.494 e. The molecular formula is C15H22ClFN2O3. The van der Waals surface area contributed by atoms with Crippen LogP contribution in [0.3, 0.4) is 0 Å². The Morgan fingerprint density at radius 2 is 2.27 bits per heavy atom. The highest BCUT2D eigenvalue weighted by Gasteiger charge is 2.29. The summed E-state index contributed by atoms with van der Waals surface area (Å²) in [6.07, 6.45) is 1.64. The Morgan fingerprint density at radius 3 is 2.86 bits per heavy atom. The lowest BCUT2D eigenvalue weighted by molar-refractivity contribution is -0.131. The number of nitrogens with two attached hydrogens (primary N) is 1. The van der Waals surface area contributed by atoms with Crippen molar-refractivity contribution in [2.24, 2.45) is 5.73 Å². The first-order valence-corrected chi connectivity index (χ1v) is 7.09. The van der Waals surface area contributed by atoms with Crippen LogP contribution in [0.4, 0.5) is 4.39 Å². The summed E-state index contributed by atoms with van der Waals surface area (Å²) in [5.41, 5.74) is 6.31. The molecule has 1 saturated heterocycles. The van der Waals surface area contributed by atoms with Crippen LogP contribution in [0.25, 0.3) is 0 Å². The number of benzene rings is 1. The van der Waals surface area contributed by atoms with Gasteiger partial charge in [0.1, 0.15) is 6.10 Å². The smallest absolute Gasteiger partial charge is 0.249 e. The normalized spacial score (nSPS) is 20.3. The Morgan fingerprint density at radius 1 is 1.50 bits per heavy atom. The number of hydrogen-bond donors (Lipinski definition) is 2. The summed E-state index contributed by atoms with van der Waals surface area (Å²) in [5.74, 6) is -0.304. The molecule has 1 aliphatic heterocycles. The molecule has 0 aliphatic carbocycles. The summed E-state index contributed by atoms with van der Waals surface area (Å²) in [5, 5.41) is 2.81. The average Bonchev–Trinajstić information content (AvgIpc) is 2.96. The molecule has 2 atom stereocenters. The van der Waals surface area contributed by atoms with Crippen molar-refractivity contribution >= 4 is 18.3 Å². The van der Waals surface area contributed by atoms with Crippen LogP contribution in [0, 0.1) is 5.82 Å². The minimum Gasteiger partial charge on any atom is -0.494 e. The number of amides is 1.